The van der Waals surface area contributed by atoms with Gasteiger partial charge in [-0.25, -0.2) is 0 Å². The van der Waals surface area contributed by atoms with Crippen LogP contribution >= 0.6 is 0 Å². The van der Waals surface area contributed by atoms with Crippen LogP contribution in [0.5, 0.6) is 0 Å². The van der Waals surface area contributed by atoms with Gasteiger partial charge in [0.15, 0.2) is 0 Å². The molecule has 0 aliphatic heterocycles. The summed E-state index contributed by atoms with van der Waals surface area (Å²) >= 11 is 0. The number of carbonyl (C=O) groups excluding carboxylic acids is 1. The molecule has 0 saturated carbocycles. The zero-order chi connectivity index (χ0) is 13.3. The summed E-state index contributed by atoms with van der Waals surface area (Å²) in [6.07, 6.45) is 1.89. The molecule has 94 valence electrons. The second kappa shape index (κ2) is 4.39. The molecular weight excluding hydrogens is 231 g/mol. The Hall–Kier alpha value is -1.52. The zero-order valence-electron chi connectivity index (χ0n) is 9.85. The molecular formula is C12H14F3NO. The molecule has 1 rings (SSSR count). The highest BCUT2D eigenvalue weighted by Crippen LogP contribution is 2.26. The molecule has 0 saturated heterocycles. The summed E-state index contributed by atoms with van der Waals surface area (Å²) in [4.78, 5) is 10.8. The van der Waals surface area contributed by atoms with Crippen LogP contribution in [0.2, 0.25) is 0 Å². The molecule has 0 radical (unpaired) electrons. The van der Waals surface area contributed by atoms with E-state index in [-0.39, 0.29) is 11.1 Å². The molecule has 0 fully saturated rings. The fourth-order valence-corrected chi connectivity index (χ4v) is 1.54. The fraction of sp³-hybridized carbons (Fsp3) is 0.417. The van der Waals surface area contributed by atoms with Crippen molar-refractivity contribution >= 4 is 5.91 Å². The molecule has 1 aliphatic carbocycles. The van der Waals surface area contributed by atoms with Crippen molar-refractivity contribution in [2.45, 2.75) is 26.9 Å². The van der Waals surface area contributed by atoms with Gasteiger partial charge in [-0.2, -0.15) is 13.2 Å². The fourth-order valence-electron chi connectivity index (χ4n) is 1.54. The normalized spacial score (nSPS) is 19.2. The second-order valence-electron chi connectivity index (χ2n) is 4.54. The monoisotopic (exact) mass is 245 g/mol. The lowest BCUT2D eigenvalue weighted by molar-refractivity contribution is -0.172. The summed E-state index contributed by atoms with van der Waals surface area (Å²) < 4.78 is 36.3. The Labute approximate surface area is 97.9 Å². The first-order valence-electron chi connectivity index (χ1n) is 5.09. The third-order valence-corrected chi connectivity index (χ3v) is 2.31. The van der Waals surface area contributed by atoms with Crippen LogP contribution in [0.4, 0.5) is 13.2 Å². The van der Waals surface area contributed by atoms with Crippen LogP contribution < -0.4 is 5.32 Å². The van der Waals surface area contributed by atoms with Crippen LogP contribution in [0.15, 0.2) is 35.6 Å². The quantitative estimate of drug-likeness (QED) is 0.755. The van der Waals surface area contributed by atoms with Gasteiger partial charge in [0, 0.05) is 11.1 Å². The molecule has 5 heteroatoms. The van der Waals surface area contributed by atoms with Gasteiger partial charge in [-0.05, 0) is 18.6 Å². The summed E-state index contributed by atoms with van der Waals surface area (Å²) in [5.41, 5.74) is 0.539. The average Bonchev–Trinajstić information content (AvgIpc) is 2.23. The number of amides is 1. The predicted octanol–water partition coefficient (Wildman–Crippen LogP) is 3.09. The lowest BCUT2D eigenvalue weighted by atomic mass is 9.91. The van der Waals surface area contributed by atoms with E-state index in [1.807, 2.05) is 25.2 Å². The molecule has 0 atom stereocenters. The molecule has 0 heterocycles. The van der Waals surface area contributed by atoms with E-state index in [1.54, 1.807) is 19.1 Å². The molecule has 1 amide bonds. The largest absolute Gasteiger partial charge is 0.471 e. The van der Waals surface area contributed by atoms with E-state index in [9.17, 15) is 18.0 Å². The van der Waals surface area contributed by atoms with Gasteiger partial charge in [0.1, 0.15) is 0 Å². The molecule has 0 aromatic rings. The Morgan fingerprint density at radius 2 is 1.94 bits per heavy atom. The number of allylic oxidation sites excluding steroid dienone is 5. The Bertz CT molecular complexity index is 414. The van der Waals surface area contributed by atoms with E-state index in [0.29, 0.717) is 5.57 Å². The van der Waals surface area contributed by atoms with Crippen molar-refractivity contribution < 1.29 is 18.0 Å². The number of hydrogen-bond acceptors (Lipinski definition) is 1. The first-order valence-corrected chi connectivity index (χ1v) is 5.09. The van der Waals surface area contributed by atoms with Gasteiger partial charge in [-0.15, -0.1) is 0 Å². The molecule has 0 aromatic heterocycles. The summed E-state index contributed by atoms with van der Waals surface area (Å²) in [6.45, 7) is 5.52. The van der Waals surface area contributed by atoms with Crippen molar-refractivity contribution in [1.29, 1.82) is 0 Å². The van der Waals surface area contributed by atoms with Crippen LogP contribution in [0.25, 0.3) is 0 Å². The molecule has 1 aliphatic rings. The van der Waals surface area contributed by atoms with E-state index in [4.69, 9.17) is 0 Å². The number of hydrogen-bond donors (Lipinski definition) is 1. The molecule has 17 heavy (non-hydrogen) atoms. The van der Waals surface area contributed by atoms with E-state index < -0.39 is 12.1 Å². The van der Waals surface area contributed by atoms with Gasteiger partial charge < -0.3 is 5.32 Å². The minimum absolute atomic E-state index is 0.175. The number of rotatable bonds is 1. The molecule has 0 unspecified atom stereocenters. The third-order valence-electron chi connectivity index (χ3n) is 2.31. The number of nitrogens with one attached hydrogen (secondary N) is 1. The predicted molar refractivity (Wildman–Crippen MR) is 59.0 cm³/mol. The van der Waals surface area contributed by atoms with E-state index in [1.165, 1.54) is 6.08 Å². The minimum Gasteiger partial charge on any atom is -0.318 e. The van der Waals surface area contributed by atoms with Crippen molar-refractivity contribution in [2.75, 3.05) is 0 Å². The Morgan fingerprint density at radius 1 is 1.35 bits per heavy atom. The maximum absolute atomic E-state index is 12.1. The SMILES string of the molecule is CC1=CC(C)(C)C=CC=C1NC(=O)C(F)(F)F. The zero-order valence-corrected chi connectivity index (χ0v) is 9.85. The Kier molecular flexibility index (Phi) is 3.50. The second-order valence-corrected chi connectivity index (χ2v) is 4.54. The highest BCUT2D eigenvalue weighted by Gasteiger charge is 2.39. The van der Waals surface area contributed by atoms with Gasteiger partial charge in [-0.3, -0.25) is 4.79 Å². The molecule has 0 aromatic carbocycles. The van der Waals surface area contributed by atoms with Crippen molar-refractivity contribution in [3.8, 4) is 0 Å². The first kappa shape index (κ1) is 13.5. The standard InChI is InChI=1S/C12H14F3NO/c1-8-7-11(2,3)6-4-5-9(8)16-10(17)12(13,14)15/h4-7H,1-3H3,(H,16,17). The highest BCUT2D eigenvalue weighted by molar-refractivity contribution is 5.84. The van der Waals surface area contributed by atoms with Crippen molar-refractivity contribution in [3.63, 3.8) is 0 Å². The van der Waals surface area contributed by atoms with Gasteiger partial charge in [0.2, 0.25) is 0 Å². The smallest absolute Gasteiger partial charge is 0.318 e. The Morgan fingerprint density at radius 3 is 2.47 bits per heavy atom. The van der Waals surface area contributed by atoms with Crippen molar-refractivity contribution in [1.82, 2.24) is 5.32 Å². The van der Waals surface area contributed by atoms with Crippen molar-refractivity contribution in [2.24, 2.45) is 5.41 Å². The maximum atomic E-state index is 12.1. The average molecular weight is 245 g/mol. The summed E-state index contributed by atoms with van der Waals surface area (Å²) in [6, 6.07) is 0. The van der Waals surface area contributed by atoms with Crippen molar-refractivity contribution in [3.05, 3.63) is 35.6 Å². The van der Waals surface area contributed by atoms with Gasteiger partial charge in [0.05, 0.1) is 0 Å². The van der Waals surface area contributed by atoms with E-state index in [2.05, 4.69) is 0 Å². The van der Waals surface area contributed by atoms with E-state index >= 15 is 0 Å². The molecule has 2 nitrogen and oxygen atoms in total. The molecule has 1 N–H and O–H groups in total. The number of halogens is 3. The van der Waals surface area contributed by atoms with Crippen LogP contribution in [-0.4, -0.2) is 12.1 Å². The van der Waals surface area contributed by atoms with E-state index in [0.717, 1.165) is 0 Å². The molecule has 0 spiro atoms. The lowest BCUT2D eigenvalue weighted by Gasteiger charge is -2.16. The topological polar surface area (TPSA) is 29.1 Å². The van der Waals surface area contributed by atoms with Gasteiger partial charge in [-0.1, -0.05) is 32.1 Å². The maximum Gasteiger partial charge on any atom is 0.471 e. The highest BCUT2D eigenvalue weighted by atomic mass is 19.4. The third kappa shape index (κ3) is 3.76. The van der Waals surface area contributed by atoms with Crippen LogP contribution in [0, 0.1) is 5.41 Å². The Balaban J connectivity index is 2.91. The minimum atomic E-state index is -4.87. The van der Waals surface area contributed by atoms with Gasteiger partial charge in [0.25, 0.3) is 0 Å². The summed E-state index contributed by atoms with van der Waals surface area (Å²) in [5, 5.41) is 1.86. The lowest BCUT2D eigenvalue weighted by Crippen LogP contribution is -2.36. The summed E-state index contributed by atoms with van der Waals surface area (Å²) in [5.74, 6) is -1.95. The number of carbonyl (C=O) groups is 1. The van der Waals surface area contributed by atoms with Crippen LogP contribution in [0.3, 0.4) is 0 Å². The van der Waals surface area contributed by atoms with Crippen LogP contribution in [-0.2, 0) is 4.79 Å². The van der Waals surface area contributed by atoms with Gasteiger partial charge >= 0.3 is 12.1 Å². The summed E-state index contributed by atoms with van der Waals surface area (Å²) in [7, 11) is 0. The molecule has 0 bridgehead atoms. The van der Waals surface area contributed by atoms with Crippen LogP contribution in [0.1, 0.15) is 20.8 Å². The number of alkyl halides is 3. The first-order chi connectivity index (χ1) is 7.62.